The minimum Gasteiger partial charge on any atom is -0.316 e. The molecule has 0 spiro atoms. The molecule has 1 aromatic carbocycles. The van der Waals surface area contributed by atoms with Crippen LogP contribution in [0.25, 0.3) is 0 Å². The first-order chi connectivity index (χ1) is 9.05. The Morgan fingerprint density at radius 2 is 1.95 bits per heavy atom. The summed E-state index contributed by atoms with van der Waals surface area (Å²) in [6, 6.07) is 7.19. The maximum atomic E-state index is 3.54. The van der Waals surface area contributed by atoms with Crippen LogP contribution in [-0.4, -0.2) is 13.1 Å². The highest BCUT2D eigenvalue weighted by atomic mass is 14.9. The number of fused-ring (bicyclic) bond motifs is 1. The van der Waals surface area contributed by atoms with Crippen molar-refractivity contribution < 1.29 is 0 Å². The van der Waals surface area contributed by atoms with Crippen LogP contribution >= 0.6 is 0 Å². The second-order valence-electron chi connectivity index (χ2n) is 6.72. The topological polar surface area (TPSA) is 12.0 Å². The van der Waals surface area contributed by atoms with E-state index >= 15 is 0 Å². The molecule has 1 atom stereocenters. The third-order valence-electron chi connectivity index (χ3n) is 4.94. The zero-order valence-corrected chi connectivity index (χ0v) is 13.1. The predicted molar refractivity (Wildman–Crippen MR) is 83.7 cm³/mol. The summed E-state index contributed by atoms with van der Waals surface area (Å²) in [6.07, 6.45) is 5.10. The first-order valence-electron chi connectivity index (χ1n) is 7.86. The highest BCUT2D eigenvalue weighted by Gasteiger charge is 2.28. The van der Waals surface area contributed by atoms with Gasteiger partial charge in [-0.1, -0.05) is 45.9 Å². The van der Waals surface area contributed by atoms with Crippen LogP contribution in [0.1, 0.15) is 50.8 Å². The Morgan fingerprint density at radius 3 is 2.63 bits per heavy atom. The highest BCUT2D eigenvalue weighted by Crippen LogP contribution is 2.32. The van der Waals surface area contributed by atoms with Gasteiger partial charge in [0.1, 0.15) is 0 Å². The van der Waals surface area contributed by atoms with Crippen molar-refractivity contribution in [2.45, 2.75) is 53.4 Å². The molecule has 0 aliphatic heterocycles. The molecule has 0 amide bonds. The summed E-state index contributed by atoms with van der Waals surface area (Å²) in [4.78, 5) is 0. The predicted octanol–water partition coefficient (Wildman–Crippen LogP) is 3.99. The normalized spacial score (nSPS) is 17.5. The molecule has 1 aliphatic rings. The lowest BCUT2D eigenvalue weighted by Crippen LogP contribution is -2.37. The van der Waals surface area contributed by atoms with Crippen LogP contribution in [0.5, 0.6) is 0 Å². The van der Waals surface area contributed by atoms with Gasteiger partial charge < -0.3 is 5.32 Å². The van der Waals surface area contributed by atoms with Gasteiger partial charge in [-0.3, -0.25) is 0 Å². The fourth-order valence-corrected chi connectivity index (χ4v) is 3.08. The molecule has 1 heteroatoms. The van der Waals surface area contributed by atoms with E-state index in [1.807, 2.05) is 0 Å². The van der Waals surface area contributed by atoms with Crippen LogP contribution < -0.4 is 5.32 Å². The van der Waals surface area contributed by atoms with Crippen molar-refractivity contribution in [1.82, 2.24) is 5.32 Å². The van der Waals surface area contributed by atoms with Gasteiger partial charge in [0.25, 0.3) is 0 Å². The van der Waals surface area contributed by atoms with E-state index in [0.717, 1.165) is 13.1 Å². The third kappa shape index (κ3) is 3.39. The van der Waals surface area contributed by atoms with Crippen molar-refractivity contribution in [3.8, 4) is 0 Å². The van der Waals surface area contributed by atoms with Gasteiger partial charge in [-0.15, -0.1) is 0 Å². The minimum atomic E-state index is 0.350. The second kappa shape index (κ2) is 6.09. The van der Waals surface area contributed by atoms with Crippen molar-refractivity contribution in [3.05, 3.63) is 34.9 Å². The molecule has 1 unspecified atom stereocenters. The lowest BCUT2D eigenvalue weighted by molar-refractivity contribution is 0.209. The maximum Gasteiger partial charge on any atom is 0.00107 e. The molecule has 0 aromatic heterocycles. The summed E-state index contributed by atoms with van der Waals surface area (Å²) in [5.74, 6) is 0.694. The molecule has 1 aromatic rings. The summed E-state index contributed by atoms with van der Waals surface area (Å²) >= 11 is 0. The molecule has 1 aliphatic carbocycles. The van der Waals surface area contributed by atoms with E-state index in [4.69, 9.17) is 0 Å². The van der Waals surface area contributed by atoms with Gasteiger partial charge in [-0.2, -0.15) is 0 Å². The van der Waals surface area contributed by atoms with Crippen molar-refractivity contribution >= 4 is 0 Å². The summed E-state index contributed by atoms with van der Waals surface area (Å²) in [7, 11) is 0. The SMILES string of the molecule is CCNCC(C)(Cc1ccc2c(c1)CCC2)C(C)C. The molecule has 2 rings (SSSR count). The molecular formula is C18H29N. The summed E-state index contributed by atoms with van der Waals surface area (Å²) in [5.41, 5.74) is 5.06. The van der Waals surface area contributed by atoms with Gasteiger partial charge in [0.2, 0.25) is 0 Å². The van der Waals surface area contributed by atoms with Crippen LogP contribution in [0.15, 0.2) is 18.2 Å². The number of benzene rings is 1. The van der Waals surface area contributed by atoms with E-state index in [9.17, 15) is 0 Å². The van der Waals surface area contributed by atoms with Crippen LogP contribution in [0.4, 0.5) is 0 Å². The monoisotopic (exact) mass is 259 g/mol. The molecule has 0 radical (unpaired) electrons. The Morgan fingerprint density at radius 1 is 1.21 bits per heavy atom. The molecule has 0 saturated heterocycles. The molecule has 0 heterocycles. The summed E-state index contributed by atoms with van der Waals surface area (Å²) < 4.78 is 0. The first kappa shape index (κ1) is 14.6. The van der Waals surface area contributed by atoms with E-state index in [-0.39, 0.29) is 0 Å². The Balaban J connectivity index is 2.12. The molecule has 0 fully saturated rings. The van der Waals surface area contributed by atoms with Crippen LogP contribution in [-0.2, 0) is 19.3 Å². The fraction of sp³-hybridized carbons (Fsp3) is 0.667. The highest BCUT2D eigenvalue weighted by molar-refractivity contribution is 5.35. The molecule has 19 heavy (non-hydrogen) atoms. The Kier molecular flexibility index (Phi) is 4.67. The van der Waals surface area contributed by atoms with Gasteiger partial charge in [0.15, 0.2) is 0 Å². The van der Waals surface area contributed by atoms with Crippen molar-refractivity contribution in [1.29, 1.82) is 0 Å². The average molecular weight is 259 g/mol. The van der Waals surface area contributed by atoms with Gasteiger partial charge in [0.05, 0.1) is 0 Å². The van der Waals surface area contributed by atoms with Gasteiger partial charge in [-0.05, 0) is 60.3 Å². The molecule has 0 saturated carbocycles. The zero-order chi connectivity index (χ0) is 13.9. The minimum absolute atomic E-state index is 0.350. The molecular weight excluding hydrogens is 230 g/mol. The van der Waals surface area contributed by atoms with Crippen molar-refractivity contribution in [2.75, 3.05) is 13.1 Å². The summed E-state index contributed by atoms with van der Waals surface area (Å²) in [5, 5.41) is 3.54. The molecule has 1 N–H and O–H groups in total. The van der Waals surface area contributed by atoms with E-state index < -0.39 is 0 Å². The number of hydrogen-bond acceptors (Lipinski definition) is 1. The Labute approximate surface area is 118 Å². The van der Waals surface area contributed by atoms with Gasteiger partial charge in [0, 0.05) is 6.54 Å². The fourth-order valence-electron chi connectivity index (χ4n) is 3.08. The molecule has 0 bridgehead atoms. The van der Waals surface area contributed by atoms with Gasteiger partial charge in [-0.25, -0.2) is 0 Å². The van der Waals surface area contributed by atoms with Crippen molar-refractivity contribution in [3.63, 3.8) is 0 Å². The third-order valence-corrected chi connectivity index (χ3v) is 4.94. The number of rotatable bonds is 6. The molecule has 106 valence electrons. The first-order valence-corrected chi connectivity index (χ1v) is 7.86. The zero-order valence-electron chi connectivity index (χ0n) is 13.1. The largest absolute Gasteiger partial charge is 0.316 e. The van der Waals surface area contributed by atoms with E-state index in [0.29, 0.717) is 11.3 Å². The number of hydrogen-bond donors (Lipinski definition) is 1. The smallest absolute Gasteiger partial charge is 0.00107 e. The second-order valence-corrected chi connectivity index (χ2v) is 6.72. The lowest BCUT2D eigenvalue weighted by atomic mass is 9.74. The maximum absolute atomic E-state index is 3.54. The number of aryl methyl sites for hydroxylation is 2. The quantitative estimate of drug-likeness (QED) is 0.814. The van der Waals surface area contributed by atoms with E-state index in [1.165, 1.54) is 31.2 Å². The van der Waals surface area contributed by atoms with E-state index in [1.54, 1.807) is 11.1 Å². The van der Waals surface area contributed by atoms with Gasteiger partial charge >= 0.3 is 0 Å². The average Bonchev–Trinajstić information content (AvgIpc) is 2.83. The van der Waals surface area contributed by atoms with Crippen LogP contribution in [0.2, 0.25) is 0 Å². The molecule has 1 nitrogen and oxygen atoms in total. The Hall–Kier alpha value is -0.820. The van der Waals surface area contributed by atoms with Crippen LogP contribution in [0.3, 0.4) is 0 Å². The van der Waals surface area contributed by atoms with Crippen molar-refractivity contribution in [2.24, 2.45) is 11.3 Å². The van der Waals surface area contributed by atoms with Crippen LogP contribution in [0, 0.1) is 11.3 Å². The summed E-state index contributed by atoms with van der Waals surface area (Å²) in [6.45, 7) is 11.5. The lowest BCUT2D eigenvalue weighted by Gasteiger charge is -2.34. The number of nitrogens with one attached hydrogen (secondary N) is 1. The standard InChI is InChI=1S/C18H29N/c1-5-19-13-18(4,14(2)3)12-15-9-10-16-7-6-8-17(16)11-15/h9-11,14,19H,5-8,12-13H2,1-4H3. The Bertz CT molecular complexity index is 422. The van der Waals surface area contributed by atoms with E-state index in [2.05, 4.69) is 51.2 Å².